The van der Waals surface area contributed by atoms with Gasteiger partial charge in [-0.25, -0.2) is 9.59 Å². The summed E-state index contributed by atoms with van der Waals surface area (Å²) in [5.74, 6) is -0.655. The van der Waals surface area contributed by atoms with E-state index in [0.717, 1.165) is 23.6 Å². The number of carbonyl (C=O) groups excluding carboxylic acids is 3. The quantitative estimate of drug-likeness (QED) is 0.148. The van der Waals surface area contributed by atoms with Gasteiger partial charge in [-0.2, -0.15) is 11.8 Å². The minimum Gasteiger partial charge on any atom is -0.477 e. The van der Waals surface area contributed by atoms with Crippen LogP contribution in [0.2, 0.25) is 0 Å². The van der Waals surface area contributed by atoms with Crippen LogP contribution in [-0.2, 0) is 14.4 Å². The molecule has 2 saturated heterocycles. The van der Waals surface area contributed by atoms with Crippen LogP contribution in [-0.4, -0.2) is 93.5 Å². The average Bonchev–Trinajstić information content (AvgIpc) is 3.29. The predicted octanol–water partition coefficient (Wildman–Crippen LogP) is -0.488. The topological polar surface area (TPSA) is 174 Å². The van der Waals surface area contributed by atoms with Gasteiger partial charge >= 0.3 is 12.0 Å². The Balaban J connectivity index is 1.42. The molecule has 0 aromatic rings. The minimum atomic E-state index is -1.10. The van der Waals surface area contributed by atoms with Gasteiger partial charge in [-0.05, 0) is 13.3 Å². The summed E-state index contributed by atoms with van der Waals surface area (Å²) >= 11 is 3.21. The molecule has 0 radical (unpaired) electrons. The standard InChI is InChI=1S/C21H33N5O6S2/c1-10-16-15(11(2)27)19(29)26(16)17(20(30)31)18(10)34-13-7-12(25-8-13)9-33-6-3-14(28)23-4-5-24-21(22)32/h10-13,15-16,25,27H,3-9H2,1-2H3,(H,23,28)(H,30,31)(H3,22,24,32)/t10-,11?,12+,13+,15+,16-/m1/s1. The number of nitrogens with two attached hydrogens (primary N) is 1. The summed E-state index contributed by atoms with van der Waals surface area (Å²) < 4.78 is 0. The van der Waals surface area contributed by atoms with E-state index in [4.69, 9.17) is 5.73 Å². The zero-order valence-electron chi connectivity index (χ0n) is 19.3. The molecule has 6 atom stereocenters. The number of nitrogens with zero attached hydrogens (tertiary/aromatic N) is 1. The van der Waals surface area contributed by atoms with E-state index in [2.05, 4.69) is 16.0 Å². The van der Waals surface area contributed by atoms with Crippen molar-refractivity contribution in [3.63, 3.8) is 0 Å². The number of aliphatic hydroxyl groups excluding tert-OH is 1. The lowest BCUT2D eigenvalue weighted by molar-refractivity contribution is -0.163. The largest absolute Gasteiger partial charge is 0.477 e. The van der Waals surface area contributed by atoms with Crippen LogP contribution in [0.4, 0.5) is 4.79 Å². The molecule has 0 aromatic heterocycles. The van der Waals surface area contributed by atoms with Gasteiger partial charge in [-0.1, -0.05) is 6.92 Å². The number of aliphatic hydroxyl groups is 1. The highest BCUT2D eigenvalue weighted by Gasteiger charge is 2.60. The number of thioether (sulfide) groups is 2. The van der Waals surface area contributed by atoms with Crippen LogP contribution in [0, 0.1) is 11.8 Å². The van der Waals surface area contributed by atoms with Gasteiger partial charge in [0.05, 0.1) is 18.1 Å². The molecule has 4 amide bonds. The van der Waals surface area contributed by atoms with Crippen molar-refractivity contribution in [2.75, 3.05) is 31.1 Å². The van der Waals surface area contributed by atoms with Gasteiger partial charge in [-0.3, -0.25) is 9.59 Å². The summed E-state index contributed by atoms with van der Waals surface area (Å²) in [5, 5.41) is 28.5. The van der Waals surface area contributed by atoms with Crippen molar-refractivity contribution in [3.8, 4) is 0 Å². The lowest BCUT2D eigenvalue weighted by Crippen LogP contribution is -2.63. The molecule has 3 rings (SSSR count). The van der Waals surface area contributed by atoms with Crippen LogP contribution in [0.3, 0.4) is 0 Å². The Kier molecular flexibility index (Phi) is 9.13. The molecule has 34 heavy (non-hydrogen) atoms. The number of carboxylic acids is 1. The Bertz CT molecular complexity index is 854. The van der Waals surface area contributed by atoms with Crippen molar-refractivity contribution in [2.24, 2.45) is 17.6 Å². The van der Waals surface area contributed by atoms with Crippen molar-refractivity contribution in [3.05, 3.63) is 10.6 Å². The number of aliphatic carboxylic acids is 1. The Morgan fingerprint density at radius 2 is 2.00 bits per heavy atom. The molecule has 1 unspecified atom stereocenters. The molecule has 2 fully saturated rings. The number of hydrogen-bond donors (Lipinski definition) is 6. The first kappa shape index (κ1) is 26.6. The summed E-state index contributed by atoms with van der Waals surface area (Å²) in [7, 11) is 0. The maximum Gasteiger partial charge on any atom is 0.353 e. The van der Waals surface area contributed by atoms with Gasteiger partial charge in [0.25, 0.3) is 0 Å². The molecule has 0 aromatic carbocycles. The number of fused-ring (bicyclic) bond motifs is 1. The van der Waals surface area contributed by atoms with Crippen molar-refractivity contribution < 1.29 is 29.4 Å². The number of carbonyl (C=O) groups is 4. The lowest BCUT2D eigenvalue weighted by Gasteiger charge is -2.46. The highest BCUT2D eigenvalue weighted by atomic mass is 32.2. The van der Waals surface area contributed by atoms with E-state index in [1.807, 2.05) is 6.92 Å². The molecule has 0 saturated carbocycles. The van der Waals surface area contributed by atoms with Gasteiger partial charge in [0.1, 0.15) is 5.70 Å². The van der Waals surface area contributed by atoms with Gasteiger partial charge in [-0.15, -0.1) is 11.8 Å². The fourth-order valence-electron chi connectivity index (χ4n) is 4.72. The molecule has 7 N–H and O–H groups in total. The average molecular weight is 516 g/mol. The second-order valence-corrected chi connectivity index (χ2v) is 11.3. The SMILES string of the molecule is CC(O)[C@@H]1C(=O)N2C(C(=O)O)=C(S[C@@H]3CN[C@H](CSCCC(=O)NCCNC(N)=O)C3)[C@H](C)[C@H]12. The number of hydrogen-bond acceptors (Lipinski definition) is 8. The maximum absolute atomic E-state index is 12.5. The van der Waals surface area contributed by atoms with E-state index in [1.165, 1.54) is 16.7 Å². The van der Waals surface area contributed by atoms with E-state index in [0.29, 0.717) is 25.3 Å². The summed E-state index contributed by atoms with van der Waals surface area (Å²) in [6.07, 6.45) is 0.442. The summed E-state index contributed by atoms with van der Waals surface area (Å²) in [6.45, 7) is 4.88. The van der Waals surface area contributed by atoms with Crippen molar-refractivity contribution in [2.45, 2.75) is 50.1 Å². The first-order valence-corrected chi connectivity index (χ1v) is 13.4. The van der Waals surface area contributed by atoms with E-state index in [9.17, 15) is 29.4 Å². The summed E-state index contributed by atoms with van der Waals surface area (Å²) in [6, 6.07) is -0.648. The Morgan fingerprint density at radius 3 is 2.65 bits per heavy atom. The maximum atomic E-state index is 12.5. The smallest absolute Gasteiger partial charge is 0.353 e. The third-order valence-corrected chi connectivity index (χ3v) is 8.97. The van der Waals surface area contributed by atoms with Crippen LogP contribution < -0.4 is 21.7 Å². The van der Waals surface area contributed by atoms with Gasteiger partial charge in [0.15, 0.2) is 0 Å². The van der Waals surface area contributed by atoms with Gasteiger partial charge in [0, 0.05) is 59.7 Å². The van der Waals surface area contributed by atoms with E-state index in [-0.39, 0.29) is 40.8 Å². The second-order valence-electron chi connectivity index (χ2n) is 8.82. The number of nitrogens with one attached hydrogen (secondary N) is 3. The first-order valence-electron chi connectivity index (χ1n) is 11.4. The Labute approximate surface area is 207 Å². The molecule has 190 valence electrons. The van der Waals surface area contributed by atoms with Crippen molar-refractivity contribution in [1.82, 2.24) is 20.9 Å². The van der Waals surface area contributed by atoms with Crippen molar-refractivity contribution >= 4 is 47.3 Å². The highest BCUT2D eigenvalue weighted by Crippen LogP contribution is 2.51. The number of carboxylic acid groups (broad SMARTS) is 1. The predicted molar refractivity (Wildman–Crippen MR) is 130 cm³/mol. The van der Waals surface area contributed by atoms with Crippen LogP contribution >= 0.6 is 23.5 Å². The molecular weight excluding hydrogens is 482 g/mol. The lowest BCUT2D eigenvalue weighted by atomic mass is 9.79. The molecule has 0 spiro atoms. The molecule has 11 nitrogen and oxygen atoms in total. The van der Waals surface area contributed by atoms with Gasteiger partial charge in [0.2, 0.25) is 11.8 Å². The zero-order chi connectivity index (χ0) is 25.0. The highest BCUT2D eigenvalue weighted by molar-refractivity contribution is 8.03. The first-order chi connectivity index (χ1) is 16.1. The number of primary amides is 1. The van der Waals surface area contributed by atoms with Crippen LogP contribution in [0.25, 0.3) is 0 Å². The molecule has 3 heterocycles. The molecule has 0 aliphatic carbocycles. The van der Waals surface area contributed by atoms with Crippen molar-refractivity contribution in [1.29, 1.82) is 0 Å². The third-order valence-electron chi connectivity index (χ3n) is 6.33. The fraction of sp³-hybridized carbons (Fsp3) is 0.714. The van der Waals surface area contributed by atoms with Crippen LogP contribution in [0.1, 0.15) is 26.7 Å². The fourth-order valence-corrected chi connectivity index (χ4v) is 7.28. The molecular formula is C21H33N5O6S2. The van der Waals surface area contributed by atoms with E-state index in [1.54, 1.807) is 18.7 Å². The molecule has 3 aliphatic rings. The van der Waals surface area contributed by atoms with E-state index >= 15 is 0 Å². The third kappa shape index (κ3) is 5.99. The Hall–Kier alpha value is -1.96. The Morgan fingerprint density at radius 1 is 1.29 bits per heavy atom. The second kappa shape index (κ2) is 11.6. The number of urea groups is 1. The normalized spacial score (nSPS) is 29.0. The van der Waals surface area contributed by atoms with Crippen LogP contribution in [0.5, 0.6) is 0 Å². The number of rotatable bonds is 12. The number of β-lactam (4-membered cyclic amide) rings is 1. The zero-order valence-corrected chi connectivity index (χ0v) is 20.9. The molecule has 0 bridgehead atoms. The minimum absolute atomic E-state index is 0.0688. The summed E-state index contributed by atoms with van der Waals surface area (Å²) in [5.41, 5.74) is 5.03. The van der Waals surface area contributed by atoms with Gasteiger partial charge < -0.3 is 36.8 Å². The molecule has 13 heteroatoms. The van der Waals surface area contributed by atoms with Crippen LogP contribution in [0.15, 0.2) is 10.6 Å². The summed E-state index contributed by atoms with van der Waals surface area (Å²) in [4.78, 5) is 48.9. The monoisotopic (exact) mass is 515 g/mol. The molecule has 3 aliphatic heterocycles. The van der Waals surface area contributed by atoms with E-state index < -0.39 is 24.0 Å². The number of amides is 4.